The topological polar surface area (TPSA) is 73.2 Å². The molecule has 0 spiro atoms. The van der Waals surface area contributed by atoms with Crippen LogP contribution < -0.4 is 15.6 Å². The van der Waals surface area contributed by atoms with Gasteiger partial charge in [-0.3, -0.25) is 9.59 Å². The van der Waals surface area contributed by atoms with E-state index >= 15 is 0 Å². The molecule has 144 valence electrons. The molecule has 0 aliphatic heterocycles. The van der Waals surface area contributed by atoms with Crippen molar-refractivity contribution in [1.29, 1.82) is 0 Å². The Bertz CT molecular complexity index is 1060. The second-order valence-corrected chi connectivity index (χ2v) is 7.03. The first kappa shape index (κ1) is 18.2. The van der Waals surface area contributed by atoms with Crippen molar-refractivity contribution in [2.24, 2.45) is 0 Å². The van der Waals surface area contributed by atoms with E-state index in [9.17, 15) is 9.59 Å². The molecule has 1 heterocycles. The minimum absolute atomic E-state index is 0.0646. The molecule has 0 saturated heterocycles. The van der Waals surface area contributed by atoms with E-state index in [1.807, 2.05) is 42.5 Å². The SMILES string of the molecule is O=C(COc1ccc2ccccc2c1)NCCn1nc2c(cc1=O)CCCC2. The summed E-state index contributed by atoms with van der Waals surface area (Å²) in [6.07, 6.45) is 4.08. The minimum Gasteiger partial charge on any atom is -0.484 e. The van der Waals surface area contributed by atoms with E-state index in [0.717, 1.165) is 47.7 Å². The predicted octanol–water partition coefficient (Wildman–Crippen LogP) is 2.47. The Balaban J connectivity index is 1.28. The number of carbonyl (C=O) groups is 1. The van der Waals surface area contributed by atoms with Crippen LogP contribution in [0, 0.1) is 0 Å². The summed E-state index contributed by atoms with van der Waals surface area (Å²) in [5.74, 6) is 0.431. The molecular weight excluding hydrogens is 354 g/mol. The lowest BCUT2D eigenvalue weighted by molar-refractivity contribution is -0.123. The Morgan fingerprint density at radius 2 is 1.89 bits per heavy atom. The van der Waals surface area contributed by atoms with Gasteiger partial charge in [-0.1, -0.05) is 30.3 Å². The molecular formula is C22H23N3O3. The van der Waals surface area contributed by atoms with Crippen LogP contribution >= 0.6 is 0 Å². The molecule has 0 saturated carbocycles. The fourth-order valence-corrected chi connectivity index (χ4v) is 3.52. The zero-order valence-electron chi connectivity index (χ0n) is 15.7. The predicted molar refractivity (Wildman–Crippen MR) is 108 cm³/mol. The number of nitrogens with one attached hydrogen (secondary N) is 1. The van der Waals surface area contributed by atoms with E-state index in [2.05, 4.69) is 10.4 Å². The smallest absolute Gasteiger partial charge is 0.267 e. The monoisotopic (exact) mass is 377 g/mol. The van der Waals surface area contributed by atoms with Crippen molar-refractivity contribution in [3.05, 3.63) is 70.1 Å². The van der Waals surface area contributed by atoms with E-state index in [0.29, 0.717) is 18.8 Å². The molecule has 1 aromatic heterocycles. The van der Waals surface area contributed by atoms with Crippen LogP contribution in [0.1, 0.15) is 24.1 Å². The lowest BCUT2D eigenvalue weighted by Crippen LogP contribution is -2.35. The van der Waals surface area contributed by atoms with Crippen LogP contribution in [0.3, 0.4) is 0 Å². The van der Waals surface area contributed by atoms with Gasteiger partial charge in [0.05, 0.1) is 12.2 Å². The Labute approximate surface area is 163 Å². The summed E-state index contributed by atoms with van der Waals surface area (Å²) in [5, 5.41) is 9.43. The van der Waals surface area contributed by atoms with Gasteiger partial charge in [0.25, 0.3) is 11.5 Å². The lowest BCUT2D eigenvalue weighted by Gasteiger charge is -2.16. The van der Waals surface area contributed by atoms with Gasteiger partial charge in [0.15, 0.2) is 6.61 Å². The molecule has 1 aliphatic carbocycles. The van der Waals surface area contributed by atoms with Crippen molar-refractivity contribution in [3.8, 4) is 5.75 Å². The maximum Gasteiger partial charge on any atom is 0.267 e. The Morgan fingerprint density at radius 1 is 1.07 bits per heavy atom. The summed E-state index contributed by atoms with van der Waals surface area (Å²) in [7, 11) is 0. The van der Waals surface area contributed by atoms with Gasteiger partial charge in [0.2, 0.25) is 0 Å². The van der Waals surface area contributed by atoms with E-state index in [4.69, 9.17) is 4.74 Å². The quantitative estimate of drug-likeness (QED) is 0.716. The first-order valence-electron chi connectivity index (χ1n) is 9.67. The van der Waals surface area contributed by atoms with Crippen molar-refractivity contribution in [2.75, 3.05) is 13.2 Å². The molecule has 6 heteroatoms. The van der Waals surface area contributed by atoms with Gasteiger partial charge < -0.3 is 10.1 Å². The zero-order valence-corrected chi connectivity index (χ0v) is 15.7. The van der Waals surface area contributed by atoms with Crippen molar-refractivity contribution < 1.29 is 9.53 Å². The highest BCUT2D eigenvalue weighted by molar-refractivity contribution is 5.84. The molecule has 1 aliphatic rings. The number of aryl methyl sites for hydroxylation is 2. The van der Waals surface area contributed by atoms with Gasteiger partial charge in [-0.2, -0.15) is 5.10 Å². The summed E-state index contributed by atoms with van der Waals surface area (Å²) in [4.78, 5) is 24.2. The first-order chi connectivity index (χ1) is 13.7. The molecule has 6 nitrogen and oxygen atoms in total. The summed E-state index contributed by atoms with van der Waals surface area (Å²) >= 11 is 0. The number of carbonyl (C=O) groups excluding carboxylic acids is 1. The highest BCUT2D eigenvalue weighted by Crippen LogP contribution is 2.20. The van der Waals surface area contributed by atoms with E-state index < -0.39 is 0 Å². The number of nitrogens with zero attached hydrogens (tertiary/aromatic N) is 2. The van der Waals surface area contributed by atoms with Crippen molar-refractivity contribution in [2.45, 2.75) is 32.2 Å². The number of ether oxygens (including phenoxy) is 1. The number of hydrogen-bond acceptors (Lipinski definition) is 4. The minimum atomic E-state index is -0.223. The van der Waals surface area contributed by atoms with Gasteiger partial charge >= 0.3 is 0 Å². The van der Waals surface area contributed by atoms with E-state index in [-0.39, 0.29) is 18.1 Å². The van der Waals surface area contributed by atoms with Crippen LogP contribution in [0.4, 0.5) is 0 Å². The highest BCUT2D eigenvalue weighted by atomic mass is 16.5. The molecule has 3 aromatic rings. The molecule has 0 bridgehead atoms. The average molecular weight is 377 g/mol. The Hall–Kier alpha value is -3.15. The molecule has 0 unspecified atom stereocenters. The number of benzene rings is 2. The maximum absolute atomic E-state index is 12.1. The fraction of sp³-hybridized carbons (Fsp3) is 0.318. The van der Waals surface area contributed by atoms with Gasteiger partial charge in [0, 0.05) is 12.6 Å². The largest absolute Gasteiger partial charge is 0.484 e. The Kier molecular flexibility index (Phi) is 5.37. The van der Waals surface area contributed by atoms with Crippen LogP contribution in [0.25, 0.3) is 10.8 Å². The molecule has 1 amide bonds. The van der Waals surface area contributed by atoms with Crippen LogP contribution in [-0.2, 0) is 24.2 Å². The third-order valence-electron chi connectivity index (χ3n) is 5.01. The van der Waals surface area contributed by atoms with Crippen molar-refractivity contribution in [3.63, 3.8) is 0 Å². The second-order valence-electron chi connectivity index (χ2n) is 7.03. The lowest BCUT2D eigenvalue weighted by atomic mass is 9.97. The summed E-state index contributed by atoms with van der Waals surface area (Å²) in [6, 6.07) is 15.4. The molecule has 28 heavy (non-hydrogen) atoms. The normalized spacial score (nSPS) is 13.1. The van der Waals surface area contributed by atoms with Gasteiger partial charge in [-0.15, -0.1) is 0 Å². The molecule has 0 radical (unpaired) electrons. The Morgan fingerprint density at radius 3 is 2.79 bits per heavy atom. The number of hydrogen-bond donors (Lipinski definition) is 1. The fourth-order valence-electron chi connectivity index (χ4n) is 3.52. The van der Waals surface area contributed by atoms with Crippen LogP contribution in [0.15, 0.2) is 53.3 Å². The third kappa shape index (κ3) is 4.22. The summed E-state index contributed by atoms with van der Waals surface area (Å²) < 4.78 is 7.02. The standard InChI is InChI=1S/C22H23N3O3/c26-21(15-28-19-10-9-16-5-1-2-6-17(16)13-19)23-11-12-25-22(27)14-18-7-3-4-8-20(18)24-25/h1-2,5-6,9-10,13-14H,3-4,7-8,11-12,15H2,(H,23,26). The third-order valence-corrected chi connectivity index (χ3v) is 5.01. The summed E-state index contributed by atoms with van der Waals surface area (Å²) in [6.45, 7) is 0.629. The second kappa shape index (κ2) is 8.25. The molecule has 1 N–H and O–H groups in total. The van der Waals surface area contributed by atoms with Gasteiger partial charge in [0.1, 0.15) is 5.75 Å². The number of fused-ring (bicyclic) bond motifs is 2. The van der Waals surface area contributed by atoms with Gasteiger partial charge in [-0.05, 0) is 54.2 Å². The van der Waals surface area contributed by atoms with E-state index in [1.165, 1.54) is 4.68 Å². The van der Waals surface area contributed by atoms with Crippen molar-refractivity contribution in [1.82, 2.24) is 15.1 Å². The highest BCUT2D eigenvalue weighted by Gasteiger charge is 2.13. The van der Waals surface area contributed by atoms with Gasteiger partial charge in [-0.25, -0.2) is 4.68 Å². The van der Waals surface area contributed by atoms with Crippen LogP contribution in [-0.4, -0.2) is 28.8 Å². The maximum atomic E-state index is 12.1. The zero-order chi connectivity index (χ0) is 19.3. The number of rotatable bonds is 6. The molecule has 0 atom stereocenters. The molecule has 4 rings (SSSR count). The van der Waals surface area contributed by atoms with E-state index in [1.54, 1.807) is 6.07 Å². The summed E-state index contributed by atoms with van der Waals surface area (Å²) in [5.41, 5.74) is 1.97. The van der Waals surface area contributed by atoms with Crippen molar-refractivity contribution >= 4 is 16.7 Å². The van der Waals surface area contributed by atoms with Crippen LogP contribution in [0.5, 0.6) is 5.75 Å². The number of amides is 1. The first-order valence-corrected chi connectivity index (χ1v) is 9.67. The molecule has 0 fully saturated rings. The molecule has 2 aromatic carbocycles. The number of aromatic nitrogens is 2. The average Bonchev–Trinajstić information content (AvgIpc) is 2.72. The van der Waals surface area contributed by atoms with Crippen LogP contribution in [0.2, 0.25) is 0 Å².